The Labute approximate surface area is 151 Å². The molecule has 1 aromatic carbocycles. The number of hydrogen-bond acceptors (Lipinski definition) is 0. The van der Waals surface area contributed by atoms with Gasteiger partial charge in [0.15, 0.2) is 11.6 Å². The van der Waals surface area contributed by atoms with Gasteiger partial charge in [0.1, 0.15) is 0 Å². The van der Waals surface area contributed by atoms with Crippen LogP contribution >= 0.6 is 0 Å². The molecule has 138 valence electrons. The highest BCUT2D eigenvalue weighted by Gasteiger charge is 2.32. The fourth-order valence-corrected chi connectivity index (χ4v) is 5.52. The molecule has 1 aromatic rings. The molecule has 0 heterocycles. The van der Waals surface area contributed by atoms with Crippen molar-refractivity contribution in [3.63, 3.8) is 0 Å². The Morgan fingerprint density at radius 2 is 1.16 bits per heavy atom. The van der Waals surface area contributed by atoms with Crippen molar-refractivity contribution in [2.24, 2.45) is 23.7 Å². The van der Waals surface area contributed by atoms with Gasteiger partial charge in [-0.15, -0.1) is 0 Å². The van der Waals surface area contributed by atoms with E-state index >= 15 is 0 Å². The largest absolute Gasteiger partial charge is 0.204 e. The molecule has 0 spiro atoms. The van der Waals surface area contributed by atoms with Gasteiger partial charge >= 0.3 is 0 Å². The summed E-state index contributed by atoms with van der Waals surface area (Å²) in [6, 6.07) is 4.50. The molecule has 0 saturated heterocycles. The Morgan fingerprint density at radius 3 is 1.68 bits per heavy atom. The van der Waals surface area contributed by atoms with Crippen LogP contribution in [0.2, 0.25) is 0 Å². The third-order valence-electron chi connectivity index (χ3n) is 7.43. The molecular formula is C23H32F2. The van der Waals surface area contributed by atoms with Gasteiger partial charge in [0.05, 0.1) is 0 Å². The molecule has 0 aromatic heterocycles. The lowest BCUT2D eigenvalue weighted by Crippen LogP contribution is -2.25. The smallest absolute Gasteiger partial charge is 0.159 e. The van der Waals surface area contributed by atoms with Crippen molar-refractivity contribution in [2.45, 2.75) is 83.0 Å². The minimum absolute atomic E-state index is 0.432. The molecule has 0 nitrogen and oxygen atoms in total. The van der Waals surface area contributed by atoms with Crippen molar-refractivity contribution < 1.29 is 8.78 Å². The molecule has 0 radical (unpaired) electrons. The summed E-state index contributed by atoms with van der Waals surface area (Å²) in [5.74, 6) is 2.93. The van der Waals surface area contributed by atoms with Crippen molar-refractivity contribution in [2.75, 3.05) is 0 Å². The van der Waals surface area contributed by atoms with Crippen LogP contribution in [0.5, 0.6) is 0 Å². The standard InChI is InChI=1S/C23H32F2/c24-22-14-13-21(15-23(22)25)20-11-9-19(10-12-20)18-7-5-17(6-8-18)4-3-16-1-2-16/h13-20H,1-12H2. The van der Waals surface area contributed by atoms with E-state index in [1.165, 1.54) is 76.3 Å². The second kappa shape index (κ2) is 7.76. The Balaban J connectivity index is 1.22. The van der Waals surface area contributed by atoms with Crippen LogP contribution in [0.3, 0.4) is 0 Å². The topological polar surface area (TPSA) is 0 Å². The van der Waals surface area contributed by atoms with Crippen LogP contribution in [0.15, 0.2) is 18.2 Å². The summed E-state index contributed by atoms with van der Waals surface area (Å²) in [5.41, 5.74) is 1.00. The highest BCUT2D eigenvalue weighted by atomic mass is 19.2. The van der Waals surface area contributed by atoms with Crippen LogP contribution in [0.4, 0.5) is 8.78 Å². The van der Waals surface area contributed by atoms with E-state index in [1.807, 2.05) is 0 Å². The van der Waals surface area contributed by atoms with E-state index < -0.39 is 11.6 Å². The normalized spacial score (nSPS) is 33.4. The Kier molecular flexibility index (Phi) is 5.43. The van der Waals surface area contributed by atoms with Gasteiger partial charge in [-0.05, 0) is 85.8 Å². The van der Waals surface area contributed by atoms with Crippen LogP contribution in [0.1, 0.15) is 88.5 Å². The van der Waals surface area contributed by atoms with E-state index in [9.17, 15) is 8.78 Å². The summed E-state index contributed by atoms with van der Waals surface area (Å²) in [6.07, 6.45) is 16.6. The highest BCUT2D eigenvalue weighted by Crippen LogP contribution is 2.45. The SMILES string of the molecule is Fc1ccc(C2CCC(C3CCC(CCC4CC4)CC3)CC2)cc1F. The lowest BCUT2D eigenvalue weighted by Gasteiger charge is -2.38. The number of halogens is 2. The van der Waals surface area contributed by atoms with Crippen molar-refractivity contribution in [3.8, 4) is 0 Å². The zero-order chi connectivity index (χ0) is 17.2. The Morgan fingerprint density at radius 1 is 0.640 bits per heavy atom. The molecule has 4 rings (SSSR count). The van der Waals surface area contributed by atoms with Gasteiger partial charge < -0.3 is 0 Å². The fraction of sp³-hybridized carbons (Fsp3) is 0.739. The predicted molar refractivity (Wildman–Crippen MR) is 98.5 cm³/mol. The second-order valence-electron chi connectivity index (χ2n) is 9.09. The first kappa shape index (κ1) is 17.5. The summed E-state index contributed by atoms with van der Waals surface area (Å²) >= 11 is 0. The molecular weight excluding hydrogens is 314 g/mol. The van der Waals surface area contributed by atoms with E-state index in [0.717, 1.165) is 42.1 Å². The molecule has 3 fully saturated rings. The minimum Gasteiger partial charge on any atom is -0.204 e. The summed E-state index contributed by atoms with van der Waals surface area (Å²) in [5, 5.41) is 0. The Bertz CT molecular complexity index is 561. The maximum Gasteiger partial charge on any atom is 0.159 e. The monoisotopic (exact) mass is 346 g/mol. The molecule has 0 N–H and O–H groups in total. The number of rotatable bonds is 5. The molecule has 3 aliphatic carbocycles. The molecule has 0 amide bonds. The zero-order valence-electron chi connectivity index (χ0n) is 15.4. The first-order valence-electron chi connectivity index (χ1n) is 10.6. The van der Waals surface area contributed by atoms with Gasteiger partial charge in [-0.2, -0.15) is 0 Å². The van der Waals surface area contributed by atoms with E-state index in [2.05, 4.69) is 0 Å². The van der Waals surface area contributed by atoms with Crippen molar-refractivity contribution in [1.82, 2.24) is 0 Å². The third-order valence-corrected chi connectivity index (χ3v) is 7.43. The van der Waals surface area contributed by atoms with Gasteiger partial charge in [0, 0.05) is 0 Å². The molecule has 0 bridgehead atoms. The summed E-state index contributed by atoms with van der Waals surface area (Å²) in [6.45, 7) is 0. The predicted octanol–water partition coefficient (Wildman–Crippen LogP) is 7.24. The molecule has 0 unspecified atom stereocenters. The van der Waals surface area contributed by atoms with Gasteiger partial charge in [0.25, 0.3) is 0 Å². The van der Waals surface area contributed by atoms with Gasteiger partial charge in [-0.1, -0.05) is 44.6 Å². The maximum absolute atomic E-state index is 13.5. The van der Waals surface area contributed by atoms with Gasteiger partial charge in [-0.3, -0.25) is 0 Å². The second-order valence-corrected chi connectivity index (χ2v) is 9.09. The van der Waals surface area contributed by atoms with Crippen LogP contribution < -0.4 is 0 Å². The van der Waals surface area contributed by atoms with Crippen LogP contribution in [-0.4, -0.2) is 0 Å². The zero-order valence-corrected chi connectivity index (χ0v) is 15.4. The molecule has 0 atom stereocenters. The minimum atomic E-state index is -0.726. The first-order valence-corrected chi connectivity index (χ1v) is 10.6. The van der Waals surface area contributed by atoms with Crippen molar-refractivity contribution in [1.29, 1.82) is 0 Å². The van der Waals surface area contributed by atoms with E-state index in [1.54, 1.807) is 6.07 Å². The van der Waals surface area contributed by atoms with E-state index in [-0.39, 0.29) is 0 Å². The molecule has 3 saturated carbocycles. The van der Waals surface area contributed by atoms with Crippen LogP contribution in [-0.2, 0) is 0 Å². The summed E-state index contributed by atoms with van der Waals surface area (Å²) in [4.78, 5) is 0. The molecule has 25 heavy (non-hydrogen) atoms. The van der Waals surface area contributed by atoms with Gasteiger partial charge in [0.2, 0.25) is 0 Å². The third kappa shape index (κ3) is 4.44. The lowest BCUT2D eigenvalue weighted by atomic mass is 9.68. The van der Waals surface area contributed by atoms with E-state index in [4.69, 9.17) is 0 Å². The summed E-state index contributed by atoms with van der Waals surface area (Å²) in [7, 11) is 0. The Hall–Kier alpha value is -0.920. The lowest BCUT2D eigenvalue weighted by molar-refractivity contribution is 0.155. The van der Waals surface area contributed by atoms with Crippen LogP contribution in [0, 0.1) is 35.3 Å². The molecule has 0 aliphatic heterocycles. The highest BCUT2D eigenvalue weighted by molar-refractivity contribution is 5.22. The molecule has 3 aliphatic rings. The summed E-state index contributed by atoms with van der Waals surface area (Å²) < 4.78 is 26.6. The average molecular weight is 347 g/mol. The average Bonchev–Trinajstić information content (AvgIpc) is 3.47. The molecule has 2 heteroatoms. The fourth-order valence-electron chi connectivity index (χ4n) is 5.52. The number of benzene rings is 1. The van der Waals surface area contributed by atoms with Crippen LogP contribution in [0.25, 0.3) is 0 Å². The quantitative estimate of drug-likeness (QED) is 0.527. The number of hydrogen-bond donors (Lipinski definition) is 0. The first-order chi connectivity index (χ1) is 12.2. The van der Waals surface area contributed by atoms with Gasteiger partial charge in [-0.25, -0.2) is 8.78 Å². The maximum atomic E-state index is 13.5. The van der Waals surface area contributed by atoms with Crippen molar-refractivity contribution >= 4 is 0 Å². The van der Waals surface area contributed by atoms with Crippen molar-refractivity contribution in [3.05, 3.63) is 35.4 Å². The van der Waals surface area contributed by atoms with E-state index in [0.29, 0.717) is 5.92 Å².